The van der Waals surface area contributed by atoms with Crippen LogP contribution in [0.1, 0.15) is 38.5 Å². The van der Waals surface area contributed by atoms with Gasteiger partial charge < -0.3 is 9.41 Å². The molecule has 164 valence electrons. The summed E-state index contributed by atoms with van der Waals surface area (Å²) < 4.78 is 17.7. The van der Waals surface area contributed by atoms with Crippen LogP contribution in [0.2, 0.25) is 0 Å². The van der Waals surface area contributed by atoms with Crippen LogP contribution < -0.4 is 0 Å². The summed E-state index contributed by atoms with van der Waals surface area (Å²) in [4.78, 5) is 12.7. The molecule has 0 atom stereocenters. The molecule has 0 aliphatic heterocycles. The van der Waals surface area contributed by atoms with Gasteiger partial charge in [-0.15, -0.1) is 4.52 Å². The maximum absolute atomic E-state index is 13.7. The van der Waals surface area contributed by atoms with Crippen molar-refractivity contribution in [2.45, 2.75) is 44.1 Å². The molecule has 4 bridgehead atoms. The summed E-state index contributed by atoms with van der Waals surface area (Å²) in [5.41, 5.74) is 4.10. The molecule has 33 heavy (non-hydrogen) atoms. The quantitative estimate of drug-likeness (QED) is 0.376. The molecule has 0 N–H and O–H groups in total. The smallest absolute Gasteiger partial charge is 0.275 e. The summed E-state index contributed by atoms with van der Waals surface area (Å²) in [6.45, 7) is 7.48. The van der Waals surface area contributed by atoms with E-state index in [0.717, 1.165) is 40.4 Å². The maximum Gasteiger partial charge on any atom is 0.275 e. The van der Waals surface area contributed by atoms with E-state index in [1.165, 1.54) is 50.7 Å². The molecular formula is C26H23FN6. The second-order valence-corrected chi connectivity index (χ2v) is 10.2. The molecule has 0 saturated heterocycles. The van der Waals surface area contributed by atoms with Crippen LogP contribution in [-0.4, -0.2) is 24.1 Å². The highest BCUT2D eigenvalue weighted by Gasteiger charge is 2.52. The van der Waals surface area contributed by atoms with Gasteiger partial charge in [0.15, 0.2) is 0 Å². The molecule has 4 aliphatic carbocycles. The second-order valence-electron chi connectivity index (χ2n) is 10.2. The summed E-state index contributed by atoms with van der Waals surface area (Å²) in [5, 5.41) is 4.85. The minimum Gasteiger partial charge on any atom is -0.360 e. The van der Waals surface area contributed by atoms with Gasteiger partial charge in [0, 0.05) is 17.2 Å². The molecule has 4 saturated carbocycles. The van der Waals surface area contributed by atoms with Crippen molar-refractivity contribution in [1.29, 1.82) is 0 Å². The number of imidazole rings is 2. The highest BCUT2D eigenvalue weighted by molar-refractivity contribution is 5.77. The zero-order chi connectivity index (χ0) is 22.2. The van der Waals surface area contributed by atoms with Crippen LogP contribution in [0.25, 0.3) is 33.1 Å². The molecule has 0 unspecified atom stereocenters. The monoisotopic (exact) mass is 438 g/mol. The summed E-state index contributed by atoms with van der Waals surface area (Å²) >= 11 is 0. The first-order chi connectivity index (χ1) is 16.1. The highest BCUT2D eigenvalue weighted by Crippen LogP contribution is 2.59. The number of nitrogens with zero attached hydrogens (tertiary/aromatic N) is 6. The summed E-state index contributed by atoms with van der Waals surface area (Å²) in [6, 6.07) is 10.4. The first kappa shape index (κ1) is 19.0. The van der Waals surface area contributed by atoms with Crippen molar-refractivity contribution in [1.82, 2.24) is 24.1 Å². The van der Waals surface area contributed by atoms with Gasteiger partial charge >= 0.3 is 0 Å². The molecule has 0 amide bonds. The third-order valence-electron chi connectivity index (χ3n) is 8.10. The van der Waals surface area contributed by atoms with E-state index >= 15 is 0 Å². The lowest BCUT2D eigenvalue weighted by Gasteiger charge is -2.57. The molecule has 4 aliphatic rings. The Labute approximate surface area is 190 Å². The summed E-state index contributed by atoms with van der Waals surface area (Å²) in [7, 11) is 0. The Balaban J connectivity index is 1.46. The lowest BCUT2D eigenvalue weighted by molar-refractivity contribution is -0.0423. The topological polar surface area (TPSA) is 52.4 Å². The largest absolute Gasteiger partial charge is 0.360 e. The van der Waals surface area contributed by atoms with Gasteiger partial charge in [0.1, 0.15) is 11.5 Å². The molecule has 3 heterocycles. The zero-order valence-electron chi connectivity index (χ0n) is 18.2. The van der Waals surface area contributed by atoms with E-state index in [1.54, 1.807) is 22.8 Å². The lowest BCUT2D eigenvalue weighted by Crippen LogP contribution is -2.51. The van der Waals surface area contributed by atoms with Crippen LogP contribution >= 0.6 is 0 Å². The van der Waals surface area contributed by atoms with E-state index in [0.29, 0.717) is 11.5 Å². The third kappa shape index (κ3) is 2.80. The van der Waals surface area contributed by atoms with Crippen molar-refractivity contribution in [2.24, 2.45) is 17.8 Å². The first-order valence-electron chi connectivity index (χ1n) is 11.7. The maximum atomic E-state index is 13.7. The molecule has 0 radical (unpaired) electrons. The van der Waals surface area contributed by atoms with E-state index in [2.05, 4.69) is 14.4 Å². The van der Waals surface area contributed by atoms with Gasteiger partial charge in [-0.25, -0.2) is 14.4 Å². The molecule has 4 fully saturated rings. The van der Waals surface area contributed by atoms with Gasteiger partial charge in [0.05, 0.1) is 23.9 Å². The fraction of sp³-hybridized carbons (Fsp3) is 0.385. The molecule has 6 nitrogen and oxygen atoms in total. The number of hydrogen-bond acceptors (Lipinski definition) is 3. The molecule has 0 spiro atoms. The Hall–Kier alpha value is -3.53. The number of hydrogen-bond donors (Lipinski definition) is 0. The molecule has 8 rings (SSSR count). The van der Waals surface area contributed by atoms with Gasteiger partial charge in [-0.3, -0.25) is 0 Å². The fourth-order valence-electron chi connectivity index (χ4n) is 7.20. The highest BCUT2D eigenvalue weighted by atomic mass is 19.1. The average molecular weight is 439 g/mol. The van der Waals surface area contributed by atoms with Gasteiger partial charge in [-0.05, 0) is 86.6 Å². The van der Waals surface area contributed by atoms with Gasteiger partial charge in [-0.2, -0.15) is 0 Å². The van der Waals surface area contributed by atoms with Crippen molar-refractivity contribution in [3.63, 3.8) is 0 Å². The molecule has 7 heteroatoms. The number of fused-ring (bicyclic) bond motifs is 1. The fourth-order valence-corrected chi connectivity index (χ4v) is 7.20. The Kier molecular flexibility index (Phi) is 3.88. The Morgan fingerprint density at radius 1 is 0.939 bits per heavy atom. The van der Waals surface area contributed by atoms with Crippen LogP contribution in [0.3, 0.4) is 0 Å². The van der Waals surface area contributed by atoms with E-state index in [1.807, 2.05) is 18.5 Å². The summed E-state index contributed by atoms with van der Waals surface area (Å²) in [5.74, 6) is 2.49. The predicted octanol–water partition coefficient (Wildman–Crippen LogP) is 5.87. The summed E-state index contributed by atoms with van der Waals surface area (Å²) in [6.07, 6.45) is 11.2. The second kappa shape index (κ2) is 6.74. The van der Waals surface area contributed by atoms with Crippen molar-refractivity contribution in [3.8, 4) is 22.6 Å². The number of halogens is 1. The van der Waals surface area contributed by atoms with E-state index in [9.17, 15) is 4.39 Å². The molecule has 1 aromatic carbocycles. The van der Waals surface area contributed by atoms with E-state index in [-0.39, 0.29) is 11.4 Å². The van der Waals surface area contributed by atoms with E-state index < -0.39 is 0 Å². The Morgan fingerprint density at radius 3 is 2.30 bits per heavy atom. The van der Waals surface area contributed by atoms with Gasteiger partial charge in [0.25, 0.3) is 5.82 Å². The predicted molar refractivity (Wildman–Crippen MR) is 122 cm³/mol. The lowest BCUT2D eigenvalue weighted by atomic mass is 9.53. The van der Waals surface area contributed by atoms with Gasteiger partial charge in [-0.1, -0.05) is 11.7 Å². The minimum atomic E-state index is -0.263. The van der Waals surface area contributed by atoms with Crippen LogP contribution in [-0.2, 0) is 5.54 Å². The minimum absolute atomic E-state index is 0.0591. The van der Waals surface area contributed by atoms with Crippen LogP contribution in [0, 0.1) is 30.1 Å². The van der Waals surface area contributed by atoms with Crippen LogP contribution in [0.4, 0.5) is 10.2 Å². The van der Waals surface area contributed by atoms with Crippen molar-refractivity contribution < 1.29 is 4.39 Å². The van der Waals surface area contributed by atoms with Crippen LogP contribution in [0.15, 0.2) is 48.9 Å². The number of benzene rings is 1. The first-order valence-corrected chi connectivity index (χ1v) is 11.7. The van der Waals surface area contributed by atoms with Gasteiger partial charge in [0.2, 0.25) is 5.65 Å². The zero-order valence-corrected chi connectivity index (χ0v) is 18.2. The SMILES string of the molecule is [C-]#[N+]c1cnc2ccc(-c3c(-c4ccc(F)cc4)ncn3C34CC5CC(CC(C5)C3)C4)nn12. The van der Waals surface area contributed by atoms with E-state index in [4.69, 9.17) is 16.7 Å². The number of aromatic nitrogens is 5. The Morgan fingerprint density at radius 2 is 1.64 bits per heavy atom. The Bertz CT molecular complexity index is 1390. The van der Waals surface area contributed by atoms with Crippen LogP contribution in [0.5, 0.6) is 0 Å². The molecule has 4 aromatic rings. The van der Waals surface area contributed by atoms with Crippen molar-refractivity contribution in [2.75, 3.05) is 0 Å². The number of rotatable bonds is 3. The van der Waals surface area contributed by atoms with Crippen molar-refractivity contribution in [3.05, 3.63) is 66.2 Å². The molecule has 3 aromatic heterocycles. The van der Waals surface area contributed by atoms with Crippen molar-refractivity contribution >= 4 is 11.5 Å². The normalized spacial score (nSPS) is 27.8. The average Bonchev–Trinajstić information content (AvgIpc) is 3.43. The molecular weight excluding hydrogens is 415 g/mol. The third-order valence-corrected chi connectivity index (χ3v) is 8.10. The standard InChI is InChI=1S/C26H23FN6/c1-28-23-14-29-22-7-6-21(31-33(22)23)25-24(19-2-4-20(27)5-3-19)30-15-32(25)26-11-16-8-17(12-26)10-18(9-16)13-26/h2-7,14-18H,8-13H2.